The third-order valence-corrected chi connectivity index (χ3v) is 9.69. The van der Waals surface area contributed by atoms with E-state index in [-0.39, 0.29) is 67.0 Å². The SMILES string of the molecule is CC(=O)c1nn(CC(=O)N2C3C[C@]3(C)C[C@H]2C(=O)Nc2nc(Br)ccc2C)c2ccc(-c3cnc(CNC(=O)COCCOCCN)nc3)cc12. The normalized spacial score (nSPS) is 19.2. The second kappa shape index (κ2) is 15.3. The molecular formula is C35H40BrN9O6. The number of benzene rings is 1. The van der Waals surface area contributed by atoms with Crippen molar-refractivity contribution in [2.75, 3.05) is 38.3 Å². The highest BCUT2D eigenvalue weighted by molar-refractivity contribution is 9.10. The Kier molecular flexibility index (Phi) is 10.9. The number of likely N-dealkylation sites (tertiary alicyclic amines) is 1. The Balaban J connectivity index is 1.13. The number of amides is 3. The van der Waals surface area contributed by atoms with Crippen molar-refractivity contribution in [1.29, 1.82) is 0 Å². The highest BCUT2D eigenvalue weighted by Gasteiger charge is 2.64. The molecule has 1 aliphatic heterocycles. The number of ketones is 1. The number of ether oxygens (including phenoxy) is 2. The van der Waals surface area contributed by atoms with Gasteiger partial charge in [0.15, 0.2) is 5.78 Å². The molecule has 16 heteroatoms. The first-order valence-corrected chi connectivity index (χ1v) is 17.5. The van der Waals surface area contributed by atoms with Gasteiger partial charge in [-0.25, -0.2) is 15.0 Å². The van der Waals surface area contributed by atoms with Gasteiger partial charge in [0.05, 0.1) is 31.9 Å². The standard InChI is InChI=1S/C35H40BrN9O6/c1-20-4-7-28(36)41-33(20)42-34(49)26-13-35(3)14-27(35)45(26)31(48)18-44-25-6-5-22(12-24(25)32(43-44)21(2)46)23-15-38-29(39-16-23)17-40-30(47)19-51-11-10-50-9-8-37/h4-7,12,15-16,26-27H,8-11,13-14,17-19,37H2,1-3H3,(H,40,47)(H,41,42,49)/t26-,27?,35-/m0/s1. The zero-order valence-corrected chi connectivity index (χ0v) is 30.2. The number of halogens is 1. The number of aryl methyl sites for hydroxylation is 1. The van der Waals surface area contributed by atoms with Gasteiger partial charge < -0.3 is 30.7 Å². The van der Waals surface area contributed by atoms with Crippen LogP contribution in [0.3, 0.4) is 0 Å². The predicted molar refractivity (Wildman–Crippen MR) is 190 cm³/mol. The Labute approximate surface area is 302 Å². The van der Waals surface area contributed by atoms with E-state index in [1.165, 1.54) is 11.6 Å². The van der Waals surface area contributed by atoms with E-state index in [0.29, 0.717) is 58.9 Å². The summed E-state index contributed by atoms with van der Waals surface area (Å²) in [4.78, 5) is 67.1. The molecule has 3 aromatic heterocycles. The molecule has 0 bridgehead atoms. The van der Waals surface area contributed by atoms with E-state index in [2.05, 4.69) is 53.5 Å². The second-order valence-corrected chi connectivity index (χ2v) is 13.9. The number of carbonyl (C=O) groups is 4. The molecule has 4 aromatic rings. The van der Waals surface area contributed by atoms with Gasteiger partial charge in [-0.05, 0) is 70.4 Å². The molecule has 15 nitrogen and oxygen atoms in total. The van der Waals surface area contributed by atoms with Gasteiger partial charge in [-0.1, -0.05) is 19.1 Å². The van der Waals surface area contributed by atoms with Crippen molar-refractivity contribution in [3.05, 3.63) is 64.4 Å². The Morgan fingerprint density at radius 1 is 1.04 bits per heavy atom. The maximum atomic E-state index is 13.9. The summed E-state index contributed by atoms with van der Waals surface area (Å²) in [7, 11) is 0. The number of carbonyl (C=O) groups excluding carboxylic acids is 4. The van der Waals surface area contributed by atoms with Crippen molar-refractivity contribution in [1.82, 2.24) is 34.9 Å². The molecule has 2 aliphatic rings. The Morgan fingerprint density at radius 2 is 1.80 bits per heavy atom. The molecule has 1 unspecified atom stereocenters. The molecule has 51 heavy (non-hydrogen) atoms. The molecule has 3 atom stereocenters. The van der Waals surface area contributed by atoms with Crippen LogP contribution in [0.2, 0.25) is 0 Å². The average molecular weight is 763 g/mol. The number of nitrogens with one attached hydrogen (secondary N) is 2. The summed E-state index contributed by atoms with van der Waals surface area (Å²) >= 11 is 3.35. The highest BCUT2D eigenvalue weighted by Crippen LogP contribution is 2.59. The van der Waals surface area contributed by atoms with Gasteiger partial charge in [0, 0.05) is 42.9 Å². The van der Waals surface area contributed by atoms with Crippen molar-refractivity contribution < 1.29 is 28.7 Å². The number of fused-ring (bicyclic) bond motifs is 2. The van der Waals surface area contributed by atoms with Gasteiger partial charge in [0.25, 0.3) is 0 Å². The number of piperidine rings is 1. The van der Waals surface area contributed by atoms with Crippen molar-refractivity contribution in [2.24, 2.45) is 11.1 Å². The van der Waals surface area contributed by atoms with Crippen LogP contribution in [-0.2, 0) is 36.9 Å². The number of nitrogens with zero attached hydrogens (tertiary/aromatic N) is 6. The van der Waals surface area contributed by atoms with E-state index in [9.17, 15) is 19.2 Å². The molecule has 268 valence electrons. The van der Waals surface area contributed by atoms with E-state index in [1.54, 1.807) is 23.4 Å². The number of anilines is 1. The van der Waals surface area contributed by atoms with Crippen molar-refractivity contribution in [3.8, 4) is 11.1 Å². The maximum absolute atomic E-state index is 13.9. The van der Waals surface area contributed by atoms with Gasteiger partial charge >= 0.3 is 0 Å². The summed E-state index contributed by atoms with van der Waals surface area (Å²) in [6.07, 6.45) is 4.65. The lowest BCUT2D eigenvalue weighted by Crippen LogP contribution is -2.47. The molecule has 0 spiro atoms. The summed E-state index contributed by atoms with van der Waals surface area (Å²) in [5.41, 5.74) is 8.33. The number of pyridine rings is 1. The molecule has 1 saturated carbocycles. The van der Waals surface area contributed by atoms with Crippen LogP contribution in [0, 0.1) is 12.3 Å². The second-order valence-electron chi connectivity index (χ2n) is 13.1. The van der Waals surface area contributed by atoms with Gasteiger partial charge in [-0.15, -0.1) is 0 Å². The number of nitrogens with two attached hydrogens (primary N) is 1. The summed E-state index contributed by atoms with van der Waals surface area (Å²) in [6.45, 7) is 6.78. The molecule has 6 rings (SSSR count). The highest BCUT2D eigenvalue weighted by atomic mass is 79.9. The summed E-state index contributed by atoms with van der Waals surface area (Å²) in [5, 5.41) is 10.8. The minimum absolute atomic E-state index is 0.0469. The largest absolute Gasteiger partial charge is 0.378 e. The van der Waals surface area contributed by atoms with E-state index in [1.807, 2.05) is 31.2 Å². The topological polar surface area (TPSA) is 197 Å². The van der Waals surface area contributed by atoms with Gasteiger partial charge in [-0.2, -0.15) is 5.10 Å². The monoisotopic (exact) mass is 761 g/mol. The molecular weight excluding hydrogens is 722 g/mol. The van der Waals surface area contributed by atoms with E-state index < -0.39 is 6.04 Å². The molecule has 4 N–H and O–H groups in total. The lowest BCUT2D eigenvalue weighted by Gasteiger charge is -2.27. The van der Waals surface area contributed by atoms with Crippen molar-refractivity contribution in [3.63, 3.8) is 0 Å². The number of Topliss-reactive ketones (excluding diaryl/α,β-unsaturated/α-hetero) is 1. The minimum atomic E-state index is -0.654. The first-order chi connectivity index (χ1) is 24.5. The molecule has 2 fully saturated rings. The van der Waals surface area contributed by atoms with Gasteiger partial charge in [0.2, 0.25) is 17.7 Å². The van der Waals surface area contributed by atoms with E-state index >= 15 is 0 Å². The summed E-state index contributed by atoms with van der Waals surface area (Å²) in [5.74, 6) is -0.220. The Hall–Kier alpha value is -4.64. The fourth-order valence-electron chi connectivity index (χ4n) is 6.43. The quantitative estimate of drug-likeness (QED) is 0.0916. The van der Waals surface area contributed by atoms with Crippen LogP contribution in [0.1, 0.15) is 48.6 Å². The average Bonchev–Trinajstić information content (AvgIpc) is 3.47. The van der Waals surface area contributed by atoms with Crippen LogP contribution in [0.4, 0.5) is 5.82 Å². The minimum Gasteiger partial charge on any atom is -0.378 e. The number of aromatic nitrogens is 5. The molecule has 3 amide bonds. The molecule has 4 heterocycles. The van der Waals surface area contributed by atoms with Crippen LogP contribution in [0.25, 0.3) is 22.0 Å². The summed E-state index contributed by atoms with van der Waals surface area (Å²) < 4.78 is 12.6. The van der Waals surface area contributed by atoms with Crippen molar-refractivity contribution in [2.45, 2.75) is 58.8 Å². The summed E-state index contributed by atoms with van der Waals surface area (Å²) in [6, 6.07) is 8.44. The predicted octanol–water partition coefficient (Wildman–Crippen LogP) is 2.79. The first-order valence-electron chi connectivity index (χ1n) is 16.7. The third kappa shape index (κ3) is 8.14. The lowest BCUT2D eigenvalue weighted by atomic mass is 10.0. The molecule has 1 aromatic carbocycles. The van der Waals surface area contributed by atoms with Crippen LogP contribution in [-0.4, -0.2) is 98.2 Å². The fraction of sp³-hybridized carbons (Fsp3) is 0.429. The van der Waals surface area contributed by atoms with Gasteiger partial charge in [0.1, 0.15) is 41.1 Å². The maximum Gasteiger partial charge on any atom is 0.248 e. The van der Waals surface area contributed by atoms with Crippen LogP contribution in [0.5, 0.6) is 0 Å². The number of hydrogen-bond acceptors (Lipinski definition) is 11. The fourth-order valence-corrected chi connectivity index (χ4v) is 6.74. The van der Waals surface area contributed by atoms with Crippen LogP contribution in [0.15, 0.2) is 47.3 Å². The zero-order chi connectivity index (χ0) is 36.3. The van der Waals surface area contributed by atoms with Crippen LogP contribution < -0.4 is 16.4 Å². The third-order valence-electron chi connectivity index (χ3n) is 9.25. The molecule has 1 saturated heterocycles. The number of hydrogen-bond donors (Lipinski definition) is 3. The van der Waals surface area contributed by atoms with Gasteiger partial charge in [-0.3, -0.25) is 23.9 Å². The Morgan fingerprint density at radius 3 is 2.55 bits per heavy atom. The zero-order valence-electron chi connectivity index (χ0n) is 28.6. The van der Waals surface area contributed by atoms with E-state index in [0.717, 1.165) is 17.5 Å². The molecule has 1 aliphatic carbocycles. The smallest absolute Gasteiger partial charge is 0.248 e. The molecule has 0 radical (unpaired) electrons. The van der Waals surface area contributed by atoms with Crippen molar-refractivity contribution >= 4 is 56.2 Å². The first kappa shape index (κ1) is 36.2. The lowest BCUT2D eigenvalue weighted by molar-refractivity contribution is -0.138. The number of rotatable bonds is 15. The Bertz CT molecular complexity index is 1970. The van der Waals surface area contributed by atoms with Crippen LogP contribution >= 0.6 is 15.9 Å². The van der Waals surface area contributed by atoms with E-state index in [4.69, 9.17) is 15.2 Å².